The van der Waals surface area contributed by atoms with Crippen molar-refractivity contribution >= 4 is 6.29 Å². The van der Waals surface area contributed by atoms with Crippen molar-refractivity contribution in [1.29, 1.82) is 0 Å². The fourth-order valence-corrected chi connectivity index (χ4v) is 2.18. The van der Waals surface area contributed by atoms with E-state index in [1.54, 1.807) is 24.3 Å². The quantitative estimate of drug-likeness (QED) is 0.615. The molecule has 0 spiro atoms. The van der Waals surface area contributed by atoms with Crippen molar-refractivity contribution in [3.8, 4) is 17.2 Å². The molecule has 0 aliphatic rings. The molecule has 0 atom stereocenters. The number of hydrogen-bond acceptors (Lipinski definition) is 5. The minimum Gasteiger partial charge on any atom is -0.493 e. The molecule has 0 aliphatic heterocycles. The number of aromatic nitrogens is 2. The molecule has 0 unspecified atom stereocenters. The molecule has 0 aliphatic carbocycles. The first-order valence-electron chi connectivity index (χ1n) is 7.64. The van der Waals surface area contributed by atoms with Gasteiger partial charge in [-0.1, -0.05) is 5.16 Å². The Balaban J connectivity index is 1.58. The summed E-state index contributed by atoms with van der Waals surface area (Å²) in [6.07, 6.45) is -3.29. The summed E-state index contributed by atoms with van der Waals surface area (Å²) in [7, 11) is 0. The standard InChI is InChI=1S/C18H13F3N2O3/c19-18(20,21)14-5-3-13(4-6-14)17-22-16(23-26-17)9-10-25-15-7-1-12(11-24)2-8-15/h1-8,11H,9-10H2. The van der Waals surface area contributed by atoms with Gasteiger partial charge in [0.05, 0.1) is 12.2 Å². The van der Waals surface area contributed by atoms with Gasteiger partial charge in [-0.2, -0.15) is 18.2 Å². The van der Waals surface area contributed by atoms with Crippen LogP contribution in [-0.2, 0) is 12.6 Å². The molecule has 0 saturated carbocycles. The number of nitrogens with zero attached hydrogens (tertiary/aromatic N) is 2. The molecule has 0 amide bonds. The maximum Gasteiger partial charge on any atom is 0.416 e. The highest BCUT2D eigenvalue weighted by Gasteiger charge is 2.30. The molecule has 134 valence electrons. The molecule has 26 heavy (non-hydrogen) atoms. The lowest BCUT2D eigenvalue weighted by molar-refractivity contribution is -0.137. The van der Waals surface area contributed by atoms with Gasteiger partial charge < -0.3 is 9.26 Å². The van der Waals surface area contributed by atoms with Gasteiger partial charge >= 0.3 is 6.18 Å². The zero-order chi connectivity index (χ0) is 18.6. The molecular formula is C18H13F3N2O3. The second-order valence-electron chi connectivity index (χ2n) is 5.38. The lowest BCUT2D eigenvalue weighted by atomic mass is 10.1. The summed E-state index contributed by atoms with van der Waals surface area (Å²) in [5, 5.41) is 3.79. The van der Waals surface area contributed by atoms with E-state index >= 15 is 0 Å². The van der Waals surface area contributed by atoms with E-state index in [-0.39, 0.29) is 12.5 Å². The number of benzene rings is 2. The van der Waals surface area contributed by atoms with Crippen molar-refractivity contribution in [2.45, 2.75) is 12.6 Å². The highest BCUT2D eigenvalue weighted by molar-refractivity contribution is 5.74. The molecule has 5 nitrogen and oxygen atoms in total. The Morgan fingerprint density at radius 2 is 1.73 bits per heavy atom. The maximum absolute atomic E-state index is 12.6. The Labute approximate surface area is 146 Å². The van der Waals surface area contributed by atoms with Crippen molar-refractivity contribution in [1.82, 2.24) is 10.1 Å². The van der Waals surface area contributed by atoms with Gasteiger partial charge in [0.2, 0.25) is 0 Å². The van der Waals surface area contributed by atoms with E-state index in [1.807, 2.05) is 0 Å². The van der Waals surface area contributed by atoms with Crippen molar-refractivity contribution in [3.63, 3.8) is 0 Å². The van der Waals surface area contributed by atoms with E-state index < -0.39 is 11.7 Å². The van der Waals surface area contributed by atoms with Crippen LogP contribution in [0.1, 0.15) is 21.7 Å². The number of ether oxygens (including phenoxy) is 1. The summed E-state index contributed by atoms with van der Waals surface area (Å²) >= 11 is 0. The Hall–Kier alpha value is -3.16. The van der Waals surface area contributed by atoms with Gasteiger partial charge in [0.25, 0.3) is 5.89 Å². The third kappa shape index (κ3) is 4.27. The van der Waals surface area contributed by atoms with Gasteiger partial charge in [-0.25, -0.2) is 0 Å². The number of carbonyl (C=O) groups is 1. The van der Waals surface area contributed by atoms with Crippen LogP contribution in [0.5, 0.6) is 5.75 Å². The predicted octanol–water partition coefficient (Wildman–Crippen LogP) is 4.19. The maximum atomic E-state index is 12.6. The Kier molecular flexibility index (Phi) is 5.01. The summed E-state index contributed by atoms with van der Waals surface area (Å²) in [5.74, 6) is 1.12. The third-order valence-electron chi connectivity index (χ3n) is 3.54. The first-order chi connectivity index (χ1) is 12.5. The second-order valence-corrected chi connectivity index (χ2v) is 5.38. The molecule has 0 radical (unpaired) electrons. The third-order valence-corrected chi connectivity index (χ3v) is 3.54. The predicted molar refractivity (Wildman–Crippen MR) is 85.8 cm³/mol. The van der Waals surface area contributed by atoms with Crippen molar-refractivity contribution in [2.24, 2.45) is 0 Å². The summed E-state index contributed by atoms with van der Waals surface area (Å²) in [4.78, 5) is 14.7. The topological polar surface area (TPSA) is 65.2 Å². The number of aldehydes is 1. The summed E-state index contributed by atoms with van der Waals surface area (Å²) in [6.45, 7) is 0.284. The Morgan fingerprint density at radius 3 is 2.35 bits per heavy atom. The number of rotatable bonds is 6. The molecule has 0 saturated heterocycles. The first-order valence-corrected chi connectivity index (χ1v) is 7.64. The highest BCUT2D eigenvalue weighted by Crippen LogP contribution is 2.30. The van der Waals surface area contributed by atoms with Crippen LogP contribution < -0.4 is 4.74 Å². The van der Waals surface area contributed by atoms with Crippen LogP contribution in [0.4, 0.5) is 13.2 Å². The van der Waals surface area contributed by atoms with Crippen molar-refractivity contribution in [2.75, 3.05) is 6.61 Å². The van der Waals surface area contributed by atoms with Crippen LogP contribution in [-0.4, -0.2) is 23.0 Å². The fraction of sp³-hybridized carbons (Fsp3) is 0.167. The minimum atomic E-state index is -4.39. The largest absolute Gasteiger partial charge is 0.493 e. The summed E-state index contributed by atoms with van der Waals surface area (Å²) < 4.78 is 48.3. The normalized spacial score (nSPS) is 11.3. The summed E-state index contributed by atoms with van der Waals surface area (Å²) in [5.41, 5.74) is 0.216. The van der Waals surface area contributed by atoms with Gasteiger partial charge in [0.1, 0.15) is 12.0 Å². The number of carbonyl (C=O) groups excluding carboxylic acids is 1. The van der Waals surface area contributed by atoms with Crippen LogP contribution in [0.2, 0.25) is 0 Å². The van der Waals surface area contributed by atoms with Crippen LogP contribution in [0, 0.1) is 0 Å². The molecule has 3 aromatic rings. The smallest absolute Gasteiger partial charge is 0.416 e. The number of halogens is 3. The first kappa shape index (κ1) is 17.7. The molecule has 1 aromatic heterocycles. The molecule has 8 heteroatoms. The lowest BCUT2D eigenvalue weighted by Crippen LogP contribution is -2.04. The molecule has 0 N–H and O–H groups in total. The Morgan fingerprint density at radius 1 is 1.04 bits per heavy atom. The van der Waals surface area contributed by atoms with Crippen LogP contribution in [0.3, 0.4) is 0 Å². The molecule has 3 rings (SSSR count). The minimum absolute atomic E-state index is 0.143. The van der Waals surface area contributed by atoms with Crippen LogP contribution >= 0.6 is 0 Å². The van der Waals surface area contributed by atoms with E-state index in [1.165, 1.54) is 12.1 Å². The average molecular weight is 362 g/mol. The zero-order valence-electron chi connectivity index (χ0n) is 13.4. The average Bonchev–Trinajstić information content (AvgIpc) is 3.11. The van der Waals surface area contributed by atoms with Gasteiger partial charge in [-0.3, -0.25) is 4.79 Å². The molecule has 2 aromatic carbocycles. The monoisotopic (exact) mass is 362 g/mol. The van der Waals surface area contributed by atoms with E-state index in [0.29, 0.717) is 29.1 Å². The molecule has 0 fully saturated rings. The SMILES string of the molecule is O=Cc1ccc(OCCc2noc(-c3ccc(C(F)(F)F)cc3)n2)cc1. The van der Waals surface area contributed by atoms with Gasteiger partial charge in [-0.15, -0.1) is 0 Å². The highest BCUT2D eigenvalue weighted by atomic mass is 19.4. The van der Waals surface area contributed by atoms with E-state index in [4.69, 9.17) is 9.26 Å². The van der Waals surface area contributed by atoms with E-state index in [2.05, 4.69) is 10.1 Å². The lowest BCUT2D eigenvalue weighted by Gasteiger charge is -2.05. The van der Waals surface area contributed by atoms with Crippen molar-refractivity contribution in [3.05, 3.63) is 65.5 Å². The molecule has 0 bridgehead atoms. The molecular weight excluding hydrogens is 349 g/mol. The number of alkyl halides is 3. The van der Waals surface area contributed by atoms with Gasteiger partial charge in [0.15, 0.2) is 5.82 Å². The van der Waals surface area contributed by atoms with Gasteiger partial charge in [0, 0.05) is 17.5 Å². The van der Waals surface area contributed by atoms with Crippen molar-refractivity contribution < 1.29 is 27.2 Å². The fourth-order valence-electron chi connectivity index (χ4n) is 2.18. The van der Waals surface area contributed by atoms with E-state index in [9.17, 15) is 18.0 Å². The molecule has 1 heterocycles. The zero-order valence-corrected chi connectivity index (χ0v) is 13.4. The van der Waals surface area contributed by atoms with Gasteiger partial charge in [-0.05, 0) is 48.5 Å². The number of hydrogen-bond donors (Lipinski definition) is 0. The Bertz CT molecular complexity index is 872. The van der Waals surface area contributed by atoms with Crippen LogP contribution in [0.15, 0.2) is 53.1 Å². The summed E-state index contributed by atoms with van der Waals surface area (Å²) in [6, 6.07) is 11.1. The van der Waals surface area contributed by atoms with Crippen LogP contribution in [0.25, 0.3) is 11.5 Å². The van der Waals surface area contributed by atoms with E-state index in [0.717, 1.165) is 18.4 Å². The second kappa shape index (κ2) is 7.38.